The highest BCUT2D eigenvalue weighted by Gasteiger charge is 2.32. The van der Waals surface area contributed by atoms with Gasteiger partial charge in [0.05, 0.1) is 0 Å². The fourth-order valence-electron chi connectivity index (χ4n) is 1.55. The first-order valence-electron chi connectivity index (χ1n) is 5.17. The number of hydrogen-bond acceptors (Lipinski definition) is 6. The lowest BCUT2D eigenvalue weighted by Crippen LogP contribution is -2.37. The number of hydrogen-bond donors (Lipinski definition) is 2. The quantitative estimate of drug-likeness (QED) is 0.758. The fourth-order valence-corrected chi connectivity index (χ4v) is 2.41. The summed E-state index contributed by atoms with van der Waals surface area (Å²) in [6, 6.07) is 0. The second-order valence-electron chi connectivity index (χ2n) is 4.20. The van der Waals surface area contributed by atoms with Crippen LogP contribution in [0.25, 0.3) is 0 Å². The van der Waals surface area contributed by atoms with Crippen LogP contribution in [0.4, 0.5) is 5.13 Å². The standard InChI is InChI=1S/C10H15N3O2S/c1-5(2)8-11-10(16-12-8)13-7(14)4-6(3)9(13)15/h4-5,7,9,14-15H,1-3H3. The fraction of sp³-hybridized carbons (Fsp3) is 0.600. The first kappa shape index (κ1) is 11.5. The molecule has 1 aromatic rings. The van der Waals surface area contributed by atoms with E-state index in [-0.39, 0.29) is 5.92 Å². The first-order chi connectivity index (χ1) is 7.50. The molecule has 5 nitrogen and oxygen atoms in total. The van der Waals surface area contributed by atoms with Crippen molar-refractivity contribution in [3.8, 4) is 0 Å². The molecular formula is C10H15N3O2S. The molecule has 0 aliphatic carbocycles. The van der Waals surface area contributed by atoms with E-state index in [0.717, 1.165) is 11.4 Å². The normalized spacial score (nSPS) is 25.4. The summed E-state index contributed by atoms with van der Waals surface area (Å²) in [7, 11) is 0. The third-order valence-electron chi connectivity index (χ3n) is 2.54. The van der Waals surface area contributed by atoms with E-state index in [1.165, 1.54) is 16.4 Å². The molecule has 0 aromatic carbocycles. The van der Waals surface area contributed by atoms with Crippen LogP contribution in [0, 0.1) is 0 Å². The summed E-state index contributed by atoms with van der Waals surface area (Å²) >= 11 is 1.20. The Morgan fingerprint density at radius 2 is 2.12 bits per heavy atom. The second-order valence-corrected chi connectivity index (χ2v) is 4.93. The SMILES string of the molecule is CC1=CC(O)N(c2nc(C(C)C)ns2)C1O. The van der Waals surface area contributed by atoms with E-state index in [0.29, 0.717) is 5.13 Å². The zero-order chi connectivity index (χ0) is 11.9. The van der Waals surface area contributed by atoms with Gasteiger partial charge < -0.3 is 10.2 Å². The topological polar surface area (TPSA) is 69.5 Å². The van der Waals surface area contributed by atoms with E-state index >= 15 is 0 Å². The number of anilines is 1. The molecule has 0 fully saturated rings. The van der Waals surface area contributed by atoms with Crippen molar-refractivity contribution < 1.29 is 10.2 Å². The van der Waals surface area contributed by atoms with Crippen LogP contribution in [0.3, 0.4) is 0 Å². The van der Waals surface area contributed by atoms with E-state index in [2.05, 4.69) is 9.36 Å². The van der Waals surface area contributed by atoms with Crippen molar-refractivity contribution in [1.82, 2.24) is 9.36 Å². The Morgan fingerprint density at radius 3 is 2.56 bits per heavy atom. The highest BCUT2D eigenvalue weighted by Crippen LogP contribution is 2.30. The number of aliphatic hydroxyl groups excluding tert-OH is 2. The molecule has 16 heavy (non-hydrogen) atoms. The van der Waals surface area contributed by atoms with Crippen LogP contribution >= 0.6 is 11.5 Å². The summed E-state index contributed by atoms with van der Waals surface area (Å²) in [6.07, 6.45) is -0.00730. The van der Waals surface area contributed by atoms with Crippen LogP contribution < -0.4 is 4.90 Å². The summed E-state index contributed by atoms with van der Waals surface area (Å²) in [5.74, 6) is 0.986. The van der Waals surface area contributed by atoms with E-state index in [4.69, 9.17) is 0 Å². The maximum absolute atomic E-state index is 9.87. The molecule has 0 saturated carbocycles. The lowest BCUT2D eigenvalue weighted by atomic mass is 10.2. The maximum Gasteiger partial charge on any atom is 0.209 e. The van der Waals surface area contributed by atoms with Gasteiger partial charge in [0.25, 0.3) is 0 Å². The lowest BCUT2D eigenvalue weighted by molar-refractivity contribution is 0.150. The average molecular weight is 241 g/mol. The highest BCUT2D eigenvalue weighted by molar-refractivity contribution is 7.09. The van der Waals surface area contributed by atoms with E-state index < -0.39 is 12.5 Å². The zero-order valence-electron chi connectivity index (χ0n) is 9.45. The van der Waals surface area contributed by atoms with Crippen LogP contribution in [0.5, 0.6) is 0 Å². The van der Waals surface area contributed by atoms with Crippen molar-refractivity contribution in [3.63, 3.8) is 0 Å². The monoisotopic (exact) mass is 241 g/mol. The van der Waals surface area contributed by atoms with Crippen LogP contribution in [-0.4, -0.2) is 32.0 Å². The van der Waals surface area contributed by atoms with E-state index in [9.17, 15) is 10.2 Å². The minimum absolute atomic E-state index is 0.246. The molecule has 2 rings (SSSR count). The van der Waals surface area contributed by atoms with Gasteiger partial charge in [-0.05, 0) is 18.6 Å². The highest BCUT2D eigenvalue weighted by atomic mass is 32.1. The van der Waals surface area contributed by atoms with Gasteiger partial charge in [-0.15, -0.1) is 0 Å². The van der Waals surface area contributed by atoms with Crippen molar-refractivity contribution in [2.75, 3.05) is 4.90 Å². The molecule has 0 amide bonds. The van der Waals surface area contributed by atoms with Gasteiger partial charge in [0.1, 0.15) is 5.82 Å². The van der Waals surface area contributed by atoms with Crippen molar-refractivity contribution in [2.24, 2.45) is 0 Å². The van der Waals surface area contributed by atoms with Crippen LogP contribution in [0.2, 0.25) is 0 Å². The number of nitrogens with zero attached hydrogens (tertiary/aromatic N) is 3. The molecular weight excluding hydrogens is 226 g/mol. The Hall–Kier alpha value is -0.980. The van der Waals surface area contributed by atoms with Crippen LogP contribution in [0.15, 0.2) is 11.6 Å². The smallest absolute Gasteiger partial charge is 0.209 e. The molecule has 2 heterocycles. The Balaban J connectivity index is 2.25. The number of aromatic nitrogens is 2. The molecule has 1 aliphatic heterocycles. The third kappa shape index (κ3) is 1.83. The van der Waals surface area contributed by atoms with Crippen molar-refractivity contribution in [1.29, 1.82) is 0 Å². The molecule has 2 unspecified atom stereocenters. The van der Waals surface area contributed by atoms with Crippen LogP contribution in [0.1, 0.15) is 32.5 Å². The van der Waals surface area contributed by atoms with E-state index in [1.807, 2.05) is 13.8 Å². The van der Waals surface area contributed by atoms with Crippen LogP contribution in [-0.2, 0) is 0 Å². The van der Waals surface area contributed by atoms with Gasteiger partial charge in [-0.3, -0.25) is 4.90 Å². The Bertz CT molecular complexity index is 416. The molecule has 1 aliphatic rings. The minimum atomic E-state index is -0.817. The summed E-state index contributed by atoms with van der Waals surface area (Å²) in [5.41, 5.74) is 0.730. The van der Waals surface area contributed by atoms with E-state index in [1.54, 1.807) is 13.0 Å². The predicted molar refractivity (Wildman–Crippen MR) is 62.2 cm³/mol. The van der Waals surface area contributed by atoms with Gasteiger partial charge in [0.15, 0.2) is 12.5 Å². The van der Waals surface area contributed by atoms with Gasteiger partial charge in [-0.1, -0.05) is 13.8 Å². The zero-order valence-corrected chi connectivity index (χ0v) is 10.3. The largest absolute Gasteiger partial charge is 0.370 e. The molecule has 0 spiro atoms. The lowest BCUT2D eigenvalue weighted by Gasteiger charge is -2.23. The number of rotatable bonds is 2. The molecule has 88 valence electrons. The van der Waals surface area contributed by atoms with Crippen molar-refractivity contribution >= 4 is 16.7 Å². The first-order valence-corrected chi connectivity index (χ1v) is 5.94. The Labute approximate surface area is 98.2 Å². The summed E-state index contributed by atoms with van der Waals surface area (Å²) in [5, 5.41) is 20.2. The average Bonchev–Trinajstić information content (AvgIpc) is 2.74. The predicted octanol–water partition coefficient (Wildman–Crippen LogP) is 1.06. The third-order valence-corrected chi connectivity index (χ3v) is 3.28. The number of aliphatic hydroxyl groups is 2. The van der Waals surface area contributed by atoms with Crippen molar-refractivity contribution in [2.45, 2.75) is 39.1 Å². The Kier molecular flexibility index (Phi) is 2.96. The second kappa shape index (κ2) is 4.12. The molecule has 0 saturated heterocycles. The Morgan fingerprint density at radius 1 is 1.44 bits per heavy atom. The van der Waals surface area contributed by atoms with Crippen molar-refractivity contribution in [3.05, 3.63) is 17.5 Å². The van der Waals surface area contributed by atoms with Gasteiger partial charge in [0.2, 0.25) is 5.13 Å². The molecule has 0 bridgehead atoms. The summed E-state index contributed by atoms with van der Waals surface area (Å²) in [6.45, 7) is 5.79. The molecule has 0 radical (unpaired) electrons. The van der Waals surface area contributed by atoms with Gasteiger partial charge in [-0.25, -0.2) is 4.98 Å². The molecule has 6 heteroatoms. The summed E-state index contributed by atoms with van der Waals surface area (Å²) < 4.78 is 4.20. The maximum atomic E-state index is 9.87. The van der Waals surface area contributed by atoms with Gasteiger partial charge >= 0.3 is 0 Å². The summed E-state index contributed by atoms with van der Waals surface area (Å²) in [4.78, 5) is 5.76. The molecule has 2 N–H and O–H groups in total. The molecule has 1 aromatic heterocycles. The van der Waals surface area contributed by atoms with Gasteiger partial charge in [0, 0.05) is 17.5 Å². The van der Waals surface area contributed by atoms with Gasteiger partial charge in [-0.2, -0.15) is 4.37 Å². The molecule has 2 atom stereocenters. The minimum Gasteiger partial charge on any atom is -0.370 e.